The number of alkyl halides is 3. The Morgan fingerprint density at radius 1 is 0.815 bits per heavy atom. The number of fused-ring (bicyclic) bond motifs is 3. The van der Waals surface area contributed by atoms with E-state index in [1.807, 2.05) is 6.92 Å². The number of para-hydroxylation sites is 1. The lowest BCUT2D eigenvalue weighted by Gasteiger charge is -2.11. The van der Waals surface area contributed by atoms with Crippen molar-refractivity contribution in [2.45, 2.75) is 18.0 Å². The van der Waals surface area contributed by atoms with Crippen LogP contribution in [-0.2, 0) is 16.2 Å². The molecule has 3 aromatic carbocycles. The monoisotopic (exact) mass is 389 g/mol. The average Bonchev–Trinajstić information content (AvgIpc) is 2.95. The van der Waals surface area contributed by atoms with Crippen LogP contribution in [0.2, 0.25) is 0 Å². The van der Waals surface area contributed by atoms with Gasteiger partial charge in [0, 0.05) is 10.8 Å². The van der Waals surface area contributed by atoms with E-state index in [1.165, 1.54) is 18.2 Å². The number of hydrogen-bond donors (Lipinski definition) is 0. The van der Waals surface area contributed by atoms with E-state index in [2.05, 4.69) is 0 Å². The van der Waals surface area contributed by atoms with Gasteiger partial charge in [0.25, 0.3) is 10.0 Å². The van der Waals surface area contributed by atoms with Gasteiger partial charge in [0.05, 0.1) is 21.5 Å². The minimum absolute atomic E-state index is 0.00611. The molecule has 1 aromatic heterocycles. The summed E-state index contributed by atoms with van der Waals surface area (Å²) in [5.74, 6) is 0. The van der Waals surface area contributed by atoms with Crippen molar-refractivity contribution in [3.8, 4) is 0 Å². The van der Waals surface area contributed by atoms with Crippen LogP contribution in [0.25, 0.3) is 21.8 Å². The van der Waals surface area contributed by atoms with Crippen LogP contribution in [0.1, 0.15) is 11.1 Å². The van der Waals surface area contributed by atoms with Crippen molar-refractivity contribution in [2.24, 2.45) is 0 Å². The zero-order chi connectivity index (χ0) is 19.4. The molecule has 0 spiro atoms. The summed E-state index contributed by atoms with van der Waals surface area (Å²) in [6, 6.07) is 16.1. The number of halogens is 3. The van der Waals surface area contributed by atoms with Gasteiger partial charge in [-0.1, -0.05) is 42.0 Å². The van der Waals surface area contributed by atoms with E-state index in [-0.39, 0.29) is 10.4 Å². The quantitative estimate of drug-likeness (QED) is 0.463. The van der Waals surface area contributed by atoms with Crippen LogP contribution in [-0.4, -0.2) is 12.4 Å². The van der Waals surface area contributed by atoms with Crippen molar-refractivity contribution >= 4 is 31.8 Å². The number of nitrogens with zero attached hydrogens (tertiary/aromatic N) is 1. The van der Waals surface area contributed by atoms with Gasteiger partial charge in [0.15, 0.2) is 0 Å². The molecular formula is C20H14F3NO2S. The highest BCUT2D eigenvalue weighted by Gasteiger charge is 2.32. The SMILES string of the molecule is Cc1ccc(S(=O)(=O)n2c3ccccc3c3ccc(C(F)(F)F)cc32)cc1. The molecule has 0 saturated heterocycles. The van der Waals surface area contributed by atoms with Crippen LogP contribution >= 0.6 is 0 Å². The number of aromatic nitrogens is 1. The largest absolute Gasteiger partial charge is 0.416 e. The fourth-order valence-corrected chi connectivity index (χ4v) is 4.71. The highest BCUT2D eigenvalue weighted by Crippen LogP contribution is 2.37. The summed E-state index contributed by atoms with van der Waals surface area (Å²) < 4.78 is 67.2. The molecule has 4 rings (SSSR count). The fourth-order valence-electron chi connectivity index (χ4n) is 3.19. The molecule has 1 heterocycles. The molecule has 0 aliphatic rings. The van der Waals surface area contributed by atoms with E-state index >= 15 is 0 Å². The van der Waals surface area contributed by atoms with Crippen LogP contribution in [0.15, 0.2) is 71.6 Å². The lowest BCUT2D eigenvalue weighted by atomic mass is 10.1. The summed E-state index contributed by atoms with van der Waals surface area (Å²) in [6.07, 6.45) is -4.57. The summed E-state index contributed by atoms with van der Waals surface area (Å²) in [6.45, 7) is 1.83. The van der Waals surface area contributed by atoms with Crippen molar-refractivity contribution < 1.29 is 21.6 Å². The Morgan fingerprint density at radius 3 is 2.11 bits per heavy atom. The van der Waals surface area contributed by atoms with Gasteiger partial charge in [-0.2, -0.15) is 13.2 Å². The van der Waals surface area contributed by atoms with Gasteiger partial charge >= 0.3 is 6.18 Å². The molecule has 0 amide bonds. The third-order valence-corrected chi connectivity index (χ3v) is 6.26. The normalized spacial score (nSPS) is 12.7. The van der Waals surface area contributed by atoms with Crippen LogP contribution < -0.4 is 0 Å². The summed E-state index contributed by atoms with van der Waals surface area (Å²) in [5.41, 5.74) is 0.340. The van der Waals surface area contributed by atoms with Gasteiger partial charge in [-0.15, -0.1) is 0 Å². The van der Waals surface area contributed by atoms with E-state index in [0.29, 0.717) is 16.3 Å². The number of hydrogen-bond acceptors (Lipinski definition) is 2. The van der Waals surface area contributed by atoms with Crippen LogP contribution in [0.3, 0.4) is 0 Å². The first-order chi connectivity index (χ1) is 12.7. The molecule has 0 fully saturated rings. The standard InChI is InChI=1S/C20H14F3NO2S/c1-13-6-9-15(10-7-13)27(25,26)24-18-5-3-2-4-16(18)17-11-8-14(12-19(17)24)20(21,22)23/h2-12H,1H3. The predicted octanol–water partition coefficient (Wildman–Crippen LogP) is 5.36. The molecule has 4 aromatic rings. The van der Waals surface area contributed by atoms with Gasteiger partial charge in [-0.3, -0.25) is 0 Å². The van der Waals surface area contributed by atoms with E-state index in [4.69, 9.17) is 0 Å². The smallest absolute Gasteiger partial charge is 0.233 e. The second kappa shape index (κ2) is 5.85. The molecule has 138 valence electrons. The van der Waals surface area contributed by atoms with Crippen molar-refractivity contribution in [3.05, 3.63) is 77.9 Å². The van der Waals surface area contributed by atoms with Gasteiger partial charge in [-0.05, 0) is 37.3 Å². The molecule has 0 aliphatic heterocycles. The van der Waals surface area contributed by atoms with E-state index < -0.39 is 21.8 Å². The predicted molar refractivity (Wildman–Crippen MR) is 98.2 cm³/mol. The van der Waals surface area contributed by atoms with Crippen LogP contribution in [0, 0.1) is 6.92 Å². The number of aryl methyl sites for hydroxylation is 1. The molecule has 7 heteroatoms. The zero-order valence-electron chi connectivity index (χ0n) is 14.2. The maximum Gasteiger partial charge on any atom is 0.416 e. The molecule has 0 unspecified atom stereocenters. The van der Waals surface area contributed by atoms with E-state index in [0.717, 1.165) is 21.7 Å². The summed E-state index contributed by atoms with van der Waals surface area (Å²) in [7, 11) is -4.08. The van der Waals surface area contributed by atoms with Gasteiger partial charge in [0.2, 0.25) is 0 Å². The Bertz CT molecular complexity index is 1270. The summed E-state index contributed by atoms with van der Waals surface area (Å²) in [5, 5.41) is 1.03. The van der Waals surface area contributed by atoms with Gasteiger partial charge in [0.1, 0.15) is 0 Å². The zero-order valence-corrected chi connectivity index (χ0v) is 15.0. The average molecular weight is 389 g/mol. The topological polar surface area (TPSA) is 39.1 Å². The lowest BCUT2D eigenvalue weighted by molar-refractivity contribution is -0.137. The Hall–Kier alpha value is -2.80. The molecule has 0 radical (unpaired) electrons. The molecule has 0 atom stereocenters. The Kier molecular flexibility index (Phi) is 3.82. The minimum atomic E-state index is -4.57. The number of rotatable bonds is 2. The lowest BCUT2D eigenvalue weighted by Crippen LogP contribution is -2.13. The molecule has 0 aliphatic carbocycles. The Morgan fingerprint density at radius 2 is 1.44 bits per heavy atom. The third-order valence-electron chi connectivity index (χ3n) is 4.52. The second-order valence-corrected chi connectivity index (χ2v) is 8.12. The Labute approximate surface area is 153 Å². The van der Waals surface area contributed by atoms with Crippen molar-refractivity contribution in [3.63, 3.8) is 0 Å². The van der Waals surface area contributed by atoms with Crippen molar-refractivity contribution in [2.75, 3.05) is 0 Å². The molecule has 3 nitrogen and oxygen atoms in total. The highest BCUT2D eigenvalue weighted by atomic mass is 32.2. The summed E-state index contributed by atoms with van der Waals surface area (Å²) >= 11 is 0. The van der Waals surface area contributed by atoms with E-state index in [1.54, 1.807) is 36.4 Å². The highest BCUT2D eigenvalue weighted by molar-refractivity contribution is 7.90. The van der Waals surface area contributed by atoms with Gasteiger partial charge < -0.3 is 0 Å². The summed E-state index contributed by atoms with van der Waals surface area (Å²) in [4.78, 5) is 0.0214. The maximum atomic E-state index is 13.3. The first-order valence-corrected chi connectivity index (χ1v) is 9.56. The first-order valence-electron chi connectivity index (χ1n) is 8.12. The van der Waals surface area contributed by atoms with Gasteiger partial charge in [-0.25, -0.2) is 12.4 Å². The molecule has 0 N–H and O–H groups in total. The maximum absolute atomic E-state index is 13.3. The van der Waals surface area contributed by atoms with Crippen LogP contribution in [0.4, 0.5) is 13.2 Å². The molecular weight excluding hydrogens is 375 g/mol. The first kappa shape index (κ1) is 17.6. The number of benzene rings is 3. The molecule has 0 bridgehead atoms. The van der Waals surface area contributed by atoms with E-state index in [9.17, 15) is 21.6 Å². The second-order valence-electron chi connectivity index (χ2n) is 6.33. The van der Waals surface area contributed by atoms with Crippen molar-refractivity contribution in [1.29, 1.82) is 0 Å². The Balaban J connectivity index is 2.12. The fraction of sp³-hybridized carbons (Fsp3) is 0.100. The van der Waals surface area contributed by atoms with Crippen molar-refractivity contribution in [1.82, 2.24) is 3.97 Å². The molecule has 27 heavy (non-hydrogen) atoms. The third kappa shape index (κ3) is 2.78. The molecule has 0 saturated carbocycles. The minimum Gasteiger partial charge on any atom is -0.233 e. The van der Waals surface area contributed by atoms with Crippen LogP contribution in [0.5, 0.6) is 0 Å².